The Kier molecular flexibility index (Phi) is 4.20. The molecule has 0 amide bonds. The number of aromatic nitrogens is 3. The number of aliphatic hydroxyl groups is 1. The first-order valence-electron chi connectivity index (χ1n) is 7.83. The van der Waals surface area contributed by atoms with E-state index in [0.717, 1.165) is 29.6 Å². The molecule has 0 fully saturated rings. The summed E-state index contributed by atoms with van der Waals surface area (Å²) in [6.45, 7) is 4.25. The molecule has 0 aliphatic rings. The Hall–Kier alpha value is -2.20. The highest BCUT2D eigenvalue weighted by atomic mass is 16.3. The van der Waals surface area contributed by atoms with Crippen LogP contribution in [0.2, 0.25) is 0 Å². The zero-order valence-corrected chi connectivity index (χ0v) is 13.0. The summed E-state index contributed by atoms with van der Waals surface area (Å²) in [7, 11) is 0. The van der Waals surface area contributed by atoms with Gasteiger partial charge in [0.1, 0.15) is 5.69 Å². The quantitative estimate of drug-likeness (QED) is 0.778. The first-order chi connectivity index (χ1) is 10.8. The summed E-state index contributed by atoms with van der Waals surface area (Å²) in [5, 5.41) is 20.5. The Morgan fingerprint density at radius 2 is 1.77 bits per heavy atom. The molecule has 1 aromatic heterocycles. The fraction of sp³-hybridized carbons (Fsp3) is 0.333. The maximum atomic E-state index is 9.62. The first kappa shape index (κ1) is 14.7. The van der Waals surface area contributed by atoms with Gasteiger partial charge in [-0.3, -0.25) is 0 Å². The Bertz CT molecular complexity index is 770. The van der Waals surface area contributed by atoms with Crippen molar-refractivity contribution >= 4 is 10.8 Å². The molecule has 0 unspecified atom stereocenters. The van der Waals surface area contributed by atoms with Gasteiger partial charge < -0.3 is 5.11 Å². The van der Waals surface area contributed by atoms with Gasteiger partial charge in [-0.25, -0.2) is 4.68 Å². The topological polar surface area (TPSA) is 50.9 Å². The Morgan fingerprint density at radius 3 is 2.50 bits per heavy atom. The number of rotatable bonds is 5. The predicted octanol–water partition coefficient (Wildman–Crippen LogP) is 3.82. The largest absolute Gasteiger partial charge is 0.390 e. The van der Waals surface area contributed by atoms with Crippen molar-refractivity contribution in [1.82, 2.24) is 15.0 Å². The van der Waals surface area contributed by atoms with Gasteiger partial charge in [-0.2, -0.15) is 0 Å². The molecule has 4 nitrogen and oxygen atoms in total. The third-order valence-electron chi connectivity index (χ3n) is 4.30. The minimum absolute atomic E-state index is 0.0728. The van der Waals surface area contributed by atoms with E-state index < -0.39 is 0 Å². The maximum Gasteiger partial charge on any atom is 0.112 e. The second-order valence-electron chi connectivity index (χ2n) is 5.50. The van der Waals surface area contributed by atoms with Crippen molar-refractivity contribution in [1.29, 1.82) is 0 Å². The molecule has 3 rings (SSSR count). The van der Waals surface area contributed by atoms with Crippen molar-refractivity contribution in [2.75, 3.05) is 0 Å². The van der Waals surface area contributed by atoms with Gasteiger partial charge >= 0.3 is 0 Å². The third kappa shape index (κ3) is 2.40. The monoisotopic (exact) mass is 295 g/mol. The van der Waals surface area contributed by atoms with Crippen LogP contribution in [0.15, 0.2) is 42.5 Å². The van der Waals surface area contributed by atoms with E-state index in [-0.39, 0.29) is 6.61 Å². The van der Waals surface area contributed by atoms with E-state index in [1.807, 2.05) is 22.9 Å². The van der Waals surface area contributed by atoms with Gasteiger partial charge in [0.05, 0.1) is 18.0 Å². The summed E-state index contributed by atoms with van der Waals surface area (Å²) >= 11 is 0. The van der Waals surface area contributed by atoms with E-state index in [4.69, 9.17) is 0 Å². The predicted molar refractivity (Wildman–Crippen MR) is 88.1 cm³/mol. The highest BCUT2D eigenvalue weighted by Crippen LogP contribution is 2.30. The molecule has 114 valence electrons. The molecule has 0 saturated carbocycles. The number of fused-ring (bicyclic) bond motifs is 1. The molecule has 0 atom stereocenters. The lowest BCUT2D eigenvalue weighted by Crippen LogP contribution is -2.09. The van der Waals surface area contributed by atoms with Gasteiger partial charge in [0, 0.05) is 11.3 Å². The van der Waals surface area contributed by atoms with Crippen LogP contribution >= 0.6 is 0 Å². The Labute approximate surface area is 130 Å². The zero-order chi connectivity index (χ0) is 15.5. The summed E-state index contributed by atoms with van der Waals surface area (Å²) in [5.41, 5.74) is 2.73. The van der Waals surface area contributed by atoms with Crippen molar-refractivity contribution < 1.29 is 5.11 Å². The van der Waals surface area contributed by atoms with Crippen molar-refractivity contribution in [3.8, 4) is 5.69 Å². The van der Waals surface area contributed by atoms with Crippen LogP contribution in [-0.2, 0) is 6.61 Å². The zero-order valence-electron chi connectivity index (χ0n) is 13.0. The van der Waals surface area contributed by atoms with Crippen LogP contribution in [0.3, 0.4) is 0 Å². The number of nitrogens with zero attached hydrogens (tertiary/aromatic N) is 3. The SMILES string of the molecule is CCC(CC)c1c(CO)nnn1-c1cccc2ccccc12. The molecule has 22 heavy (non-hydrogen) atoms. The molecule has 2 aromatic carbocycles. The third-order valence-corrected chi connectivity index (χ3v) is 4.30. The summed E-state index contributed by atoms with van der Waals surface area (Å²) in [5.74, 6) is 0.344. The standard InChI is InChI=1S/C18H21N3O/c1-3-13(4-2)18-16(12-22)19-20-21(18)17-11-7-9-14-8-5-6-10-15(14)17/h5-11,13,22H,3-4,12H2,1-2H3. The Morgan fingerprint density at radius 1 is 1.05 bits per heavy atom. The lowest BCUT2D eigenvalue weighted by molar-refractivity contribution is 0.274. The highest BCUT2D eigenvalue weighted by molar-refractivity contribution is 5.90. The van der Waals surface area contributed by atoms with Crippen LogP contribution in [0.4, 0.5) is 0 Å². The summed E-state index contributed by atoms with van der Waals surface area (Å²) < 4.78 is 1.91. The molecule has 0 aliphatic heterocycles. The van der Waals surface area contributed by atoms with Gasteiger partial charge in [0.15, 0.2) is 0 Å². The first-order valence-corrected chi connectivity index (χ1v) is 7.83. The molecule has 4 heteroatoms. The van der Waals surface area contributed by atoms with Gasteiger partial charge in [0.2, 0.25) is 0 Å². The second-order valence-corrected chi connectivity index (χ2v) is 5.50. The van der Waals surface area contributed by atoms with Crippen molar-refractivity contribution in [2.45, 2.75) is 39.2 Å². The smallest absolute Gasteiger partial charge is 0.112 e. The van der Waals surface area contributed by atoms with Gasteiger partial charge in [0.25, 0.3) is 0 Å². The molecule has 1 N–H and O–H groups in total. The fourth-order valence-corrected chi connectivity index (χ4v) is 3.09. The second kappa shape index (κ2) is 6.28. The normalized spacial score (nSPS) is 11.5. The van der Waals surface area contributed by atoms with E-state index >= 15 is 0 Å². The van der Waals surface area contributed by atoms with Gasteiger partial charge in [-0.05, 0) is 24.3 Å². The van der Waals surface area contributed by atoms with Gasteiger partial charge in [-0.15, -0.1) is 5.10 Å². The summed E-state index contributed by atoms with van der Waals surface area (Å²) in [6.07, 6.45) is 2.00. The van der Waals surface area contributed by atoms with E-state index in [1.54, 1.807) is 0 Å². The van der Waals surface area contributed by atoms with Crippen LogP contribution in [0.5, 0.6) is 0 Å². The van der Waals surface area contributed by atoms with E-state index in [1.165, 1.54) is 5.39 Å². The average molecular weight is 295 g/mol. The highest BCUT2D eigenvalue weighted by Gasteiger charge is 2.21. The van der Waals surface area contributed by atoms with Crippen molar-refractivity contribution in [2.24, 2.45) is 0 Å². The molecule has 0 saturated heterocycles. The van der Waals surface area contributed by atoms with E-state index in [0.29, 0.717) is 11.6 Å². The molecule has 0 bridgehead atoms. The minimum Gasteiger partial charge on any atom is -0.390 e. The molecule has 1 heterocycles. The summed E-state index contributed by atoms with van der Waals surface area (Å²) in [4.78, 5) is 0. The van der Waals surface area contributed by atoms with Crippen LogP contribution in [0, 0.1) is 0 Å². The van der Waals surface area contributed by atoms with E-state index in [9.17, 15) is 5.11 Å². The number of hydrogen-bond donors (Lipinski definition) is 1. The van der Waals surface area contributed by atoms with Crippen LogP contribution in [0.1, 0.15) is 44.0 Å². The number of aliphatic hydroxyl groups excluding tert-OH is 1. The molecule has 3 aromatic rings. The number of hydrogen-bond acceptors (Lipinski definition) is 3. The van der Waals surface area contributed by atoms with E-state index in [2.05, 4.69) is 48.4 Å². The lowest BCUT2D eigenvalue weighted by atomic mass is 9.97. The number of benzene rings is 2. The summed E-state index contributed by atoms with van der Waals surface area (Å²) in [6, 6.07) is 14.5. The molecular weight excluding hydrogens is 274 g/mol. The Balaban J connectivity index is 2.25. The van der Waals surface area contributed by atoms with Crippen LogP contribution < -0.4 is 0 Å². The average Bonchev–Trinajstić information content (AvgIpc) is 2.99. The maximum absolute atomic E-state index is 9.62. The van der Waals surface area contributed by atoms with Crippen LogP contribution in [-0.4, -0.2) is 20.1 Å². The van der Waals surface area contributed by atoms with Crippen molar-refractivity contribution in [3.63, 3.8) is 0 Å². The minimum atomic E-state index is -0.0728. The molecular formula is C18H21N3O. The van der Waals surface area contributed by atoms with Gasteiger partial charge in [-0.1, -0.05) is 55.5 Å². The fourth-order valence-electron chi connectivity index (χ4n) is 3.09. The molecule has 0 radical (unpaired) electrons. The van der Waals surface area contributed by atoms with Crippen LogP contribution in [0.25, 0.3) is 16.5 Å². The lowest BCUT2D eigenvalue weighted by Gasteiger charge is -2.16. The van der Waals surface area contributed by atoms with Crippen molar-refractivity contribution in [3.05, 3.63) is 53.9 Å². The molecule has 0 spiro atoms. The molecule has 0 aliphatic carbocycles.